The van der Waals surface area contributed by atoms with E-state index in [1.807, 2.05) is 11.8 Å². The highest BCUT2D eigenvalue weighted by Gasteiger charge is 2.36. The molecule has 3 rings (SSSR count). The maximum atomic E-state index is 12.5. The minimum atomic E-state index is -0.954. The fraction of sp³-hybridized carbons (Fsp3) is 0.529. The van der Waals surface area contributed by atoms with Crippen LogP contribution in [0, 0.1) is 6.92 Å². The van der Waals surface area contributed by atoms with Crippen molar-refractivity contribution in [3.63, 3.8) is 0 Å². The summed E-state index contributed by atoms with van der Waals surface area (Å²) in [4.78, 5) is 28.6. The number of hydrogen-bond donors (Lipinski definition) is 1. The maximum absolute atomic E-state index is 12.5. The van der Waals surface area contributed by atoms with Crippen molar-refractivity contribution < 1.29 is 9.90 Å². The molecule has 1 saturated heterocycles. The van der Waals surface area contributed by atoms with Crippen LogP contribution in [0.2, 0.25) is 0 Å². The number of carbonyl (C=O) groups excluding carboxylic acids is 1. The molecule has 1 N–H and O–H groups in total. The largest absolute Gasteiger partial charge is 0.386 e. The van der Waals surface area contributed by atoms with E-state index in [1.54, 1.807) is 47.5 Å². The van der Waals surface area contributed by atoms with Gasteiger partial charge in [-0.2, -0.15) is 0 Å². The number of aromatic nitrogens is 4. The number of nitrogens with zero attached hydrogens (tertiary/aromatic N) is 6. The van der Waals surface area contributed by atoms with E-state index >= 15 is 0 Å². The van der Waals surface area contributed by atoms with Crippen LogP contribution < -0.4 is 4.90 Å². The Balaban J connectivity index is 1.62. The molecular weight excluding hydrogens is 320 g/mol. The zero-order chi connectivity index (χ0) is 17.9. The monoisotopic (exact) mass is 344 g/mol. The van der Waals surface area contributed by atoms with Crippen LogP contribution in [-0.4, -0.2) is 67.7 Å². The van der Waals surface area contributed by atoms with Gasteiger partial charge in [0.15, 0.2) is 0 Å². The first-order valence-corrected chi connectivity index (χ1v) is 8.42. The fourth-order valence-electron chi connectivity index (χ4n) is 3.26. The minimum absolute atomic E-state index is 0.0499. The van der Waals surface area contributed by atoms with Crippen LogP contribution in [-0.2, 0) is 11.3 Å². The van der Waals surface area contributed by atoms with E-state index in [1.165, 1.54) is 0 Å². The maximum Gasteiger partial charge on any atom is 0.242 e. The summed E-state index contributed by atoms with van der Waals surface area (Å²) in [6.45, 7) is 3.64. The first-order chi connectivity index (χ1) is 12.0. The highest BCUT2D eigenvalue weighted by Crippen LogP contribution is 2.25. The van der Waals surface area contributed by atoms with E-state index in [2.05, 4.69) is 15.0 Å². The number of aryl methyl sites for hydroxylation is 1. The van der Waals surface area contributed by atoms with Gasteiger partial charge in [0.05, 0.1) is 18.3 Å². The molecule has 2 aromatic rings. The third kappa shape index (κ3) is 4.14. The summed E-state index contributed by atoms with van der Waals surface area (Å²) in [5, 5.41) is 11.0. The van der Waals surface area contributed by atoms with Crippen LogP contribution in [0.15, 0.2) is 31.0 Å². The molecule has 1 fully saturated rings. The van der Waals surface area contributed by atoms with E-state index in [0.29, 0.717) is 13.0 Å². The second kappa shape index (κ2) is 7.18. The summed E-state index contributed by atoms with van der Waals surface area (Å²) < 4.78 is 1.80. The molecule has 0 spiro atoms. The summed E-state index contributed by atoms with van der Waals surface area (Å²) in [6.07, 6.45) is 9.93. The van der Waals surface area contributed by atoms with E-state index in [4.69, 9.17) is 0 Å². The standard InChI is InChI=1S/C17H24N6O2/c1-14-19-7-9-22(14)11-16(24)21(2)12-17(25)4-3-8-23(13-17)15-10-18-5-6-20-15/h5-7,9-10,25H,3-4,8,11-13H2,1-2H3. The fourth-order valence-corrected chi connectivity index (χ4v) is 3.26. The number of rotatable bonds is 5. The van der Waals surface area contributed by atoms with Gasteiger partial charge in [-0.1, -0.05) is 0 Å². The molecule has 1 aliphatic heterocycles. The number of β-amino-alcohol motifs (C(OH)–C–C–N with tert-alkyl or cyclic N) is 1. The van der Waals surface area contributed by atoms with Crippen molar-refractivity contribution >= 4 is 11.7 Å². The molecule has 8 nitrogen and oxygen atoms in total. The van der Waals surface area contributed by atoms with Gasteiger partial charge in [0.2, 0.25) is 5.91 Å². The van der Waals surface area contributed by atoms with Crippen molar-refractivity contribution in [2.45, 2.75) is 31.9 Å². The number of carbonyl (C=O) groups is 1. The van der Waals surface area contributed by atoms with Crippen molar-refractivity contribution in [2.75, 3.05) is 31.6 Å². The Morgan fingerprint density at radius 3 is 2.88 bits per heavy atom. The molecule has 1 atom stereocenters. The lowest BCUT2D eigenvalue weighted by molar-refractivity contribution is -0.134. The number of anilines is 1. The van der Waals surface area contributed by atoms with Gasteiger partial charge >= 0.3 is 0 Å². The lowest BCUT2D eigenvalue weighted by Gasteiger charge is -2.41. The van der Waals surface area contributed by atoms with Gasteiger partial charge in [-0.25, -0.2) is 9.97 Å². The van der Waals surface area contributed by atoms with E-state index < -0.39 is 5.60 Å². The molecule has 25 heavy (non-hydrogen) atoms. The van der Waals surface area contributed by atoms with Gasteiger partial charge in [-0.05, 0) is 19.8 Å². The smallest absolute Gasteiger partial charge is 0.242 e. The predicted molar refractivity (Wildman–Crippen MR) is 93.0 cm³/mol. The second-order valence-corrected chi connectivity index (χ2v) is 6.67. The first-order valence-electron chi connectivity index (χ1n) is 8.42. The molecule has 3 heterocycles. The van der Waals surface area contributed by atoms with Crippen LogP contribution in [0.5, 0.6) is 0 Å². The third-order valence-electron chi connectivity index (χ3n) is 4.62. The first kappa shape index (κ1) is 17.3. The number of imidazole rings is 1. The quantitative estimate of drug-likeness (QED) is 0.848. The average molecular weight is 344 g/mol. The summed E-state index contributed by atoms with van der Waals surface area (Å²) in [6, 6.07) is 0. The summed E-state index contributed by atoms with van der Waals surface area (Å²) >= 11 is 0. The van der Waals surface area contributed by atoms with Gasteiger partial charge in [-0.15, -0.1) is 0 Å². The van der Waals surface area contributed by atoms with Crippen molar-refractivity contribution in [1.29, 1.82) is 0 Å². The molecule has 0 aliphatic carbocycles. The van der Waals surface area contributed by atoms with Crippen LogP contribution in [0.4, 0.5) is 5.82 Å². The minimum Gasteiger partial charge on any atom is -0.386 e. The molecule has 0 aromatic carbocycles. The van der Waals surface area contributed by atoms with Crippen LogP contribution in [0.3, 0.4) is 0 Å². The molecule has 1 amide bonds. The SMILES string of the molecule is Cc1nccn1CC(=O)N(C)CC1(O)CCCN(c2cnccn2)C1. The highest BCUT2D eigenvalue weighted by atomic mass is 16.3. The zero-order valence-electron chi connectivity index (χ0n) is 14.7. The summed E-state index contributed by atoms with van der Waals surface area (Å²) in [5.41, 5.74) is -0.954. The van der Waals surface area contributed by atoms with Gasteiger partial charge < -0.3 is 19.5 Å². The molecule has 0 radical (unpaired) electrons. The zero-order valence-corrected chi connectivity index (χ0v) is 14.7. The molecule has 2 aromatic heterocycles. The molecule has 8 heteroatoms. The molecule has 134 valence electrons. The number of amides is 1. The van der Waals surface area contributed by atoms with Crippen molar-refractivity contribution in [2.24, 2.45) is 0 Å². The molecule has 0 bridgehead atoms. The Morgan fingerprint density at radius 1 is 1.36 bits per heavy atom. The number of likely N-dealkylation sites (N-methyl/N-ethyl adjacent to an activating group) is 1. The van der Waals surface area contributed by atoms with E-state index in [0.717, 1.165) is 24.6 Å². The van der Waals surface area contributed by atoms with Crippen LogP contribution >= 0.6 is 0 Å². The lowest BCUT2D eigenvalue weighted by Crippen LogP contribution is -2.55. The van der Waals surface area contributed by atoms with Crippen LogP contribution in [0.1, 0.15) is 18.7 Å². The summed E-state index contributed by atoms with van der Waals surface area (Å²) in [5.74, 6) is 1.50. The van der Waals surface area contributed by atoms with E-state index in [-0.39, 0.29) is 19.0 Å². The van der Waals surface area contributed by atoms with Crippen molar-refractivity contribution in [1.82, 2.24) is 24.4 Å². The number of piperidine rings is 1. The van der Waals surface area contributed by atoms with Crippen molar-refractivity contribution in [3.8, 4) is 0 Å². The van der Waals surface area contributed by atoms with Gasteiger partial charge in [0, 0.05) is 44.9 Å². The van der Waals surface area contributed by atoms with Gasteiger partial charge in [0.25, 0.3) is 0 Å². The Bertz CT molecular complexity index is 719. The topological polar surface area (TPSA) is 87.4 Å². The van der Waals surface area contributed by atoms with Gasteiger partial charge in [0.1, 0.15) is 18.2 Å². The van der Waals surface area contributed by atoms with Gasteiger partial charge in [-0.3, -0.25) is 9.78 Å². The average Bonchev–Trinajstić information content (AvgIpc) is 3.00. The molecule has 0 saturated carbocycles. The second-order valence-electron chi connectivity index (χ2n) is 6.67. The molecular formula is C17H24N6O2. The number of hydrogen-bond acceptors (Lipinski definition) is 6. The van der Waals surface area contributed by atoms with Crippen molar-refractivity contribution in [3.05, 3.63) is 36.8 Å². The Hall–Kier alpha value is -2.48. The highest BCUT2D eigenvalue weighted by molar-refractivity contribution is 5.75. The molecule has 1 aliphatic rings. The predicted octanol–water partition coefficient (Wildman–Crippen LogP) is 0.471. The Kier molecular flexibility index (Phi) is 4.98. The normalized spacial score (nSPS) is 20.5. The summed E-state index contributed by atoms with van der Waals surface area (Å²) in [7, 11) is 1.73. The van der Waals surface area contributed by atoms with Crippen LogP contribution in [0.25, 0.3) is 0 Å². The number of aliphatic hydroxyl groups is 1. The Morgan fingerprint density at radius 2 is 2.20 bits per heavy atom. The molecule has 1 unspecified atom stereocenters. The Labute approximate surface area is 147 Å². The lowest BCUT2D eigenvalue weighted by atomic mass is 9.92. The third-order valence-corrected chi connectivity index (χ3v) is 4.62. The van der Waals surface area contributed by atoms with E-state index in [9.17, 15) is 9.90 Å².